The third-order valence-electron chi connectivity index (χ3n) is 4.57. The molecule has 0 amide bonds. The Balaban J connectivity index is 1.50. The first kappa shape index (κ1) is 15.4. The van der Waals surface area contributed by atoms with Crippen molar-refractivity contribution in [2.24, 2.45) is 0 Å². The maximum atomic E-state index is 11.9. The molecule has 126 valence electrons. The lowest BCUT2D eigenvalue weighted by atomic mass is 10.1. The number of sulfone groups is 1. The molecule has 0 aliphatic carbocycles. The number of para-hydroxylation sites is 1. The average Bonchev–Trinajstić information content (AvgIpc) is 3.24. The van der Waals surface area contributed by atoms with Crippen molar-refractivity contribution in [3.05, 3.63) is 48.0 Å². The van der Waals surface area contributed by atoms with Gasteiger partial charge in [-0.25, -0.2) is 8.42 Å². The number of rotatable bonds is 4. The van der Waals surface area contributed by atoms with E-state index in [0.717, 1.165) is 48.5 Å². The van der Waals surface area contributed by atoms with Gasteiger partial charge in [0.15, 0.2) is 9.84 Å². The highest BCUT2D eigenvalue weighted by Crippen LogP contribution is 2.31. The Labute approximate surface area is 140 Å². The number of nitrogens with one attached hydrogen (secondary N) is 1. The van der Waals surface area contributed by atoms with Crippen LogP contribution in [0.25, 0.3) is 11.0 Å². The zero-order chi connectivity index (χ0) is 16.7. The predicted molar refractivity (Wildman–Crippen MR) is 90.5 cm³/mol. The molecule has 0 spiro atoms. The molecule has 6 nitrogen and oxygen atoms in total. The number of aromatic amines is 1. The van der Waals surface area contributed by atoms with Crippen LogP contribution in [-0.2, 0) is 16.4 Å². The molecule has 24 heavy (non-hydrogen) atoms. The van der Waals surface area contributed by atoms with Gasteiger partial charge >= 0.3 is 0 Å². The van der Waals surface area contributed by atoms with Gasteiger partial charge in [0.05, 0.1) is 18.4 Å². The molecule has 1 fully saturated rings. The molecule has 1 saturated heterocycles. The van der Waals surface area contributed by atoms with Crippen molar-refractivity contribution in [3.63, 3.8) is 0 Å². The van der Waals surface area contributed by atoms with E-state index in [-0.39, 0.29) is 5.92 Å². The number of nitrogens with zero attached hydrogens (tertiary/aromatic N) is 2. The van der Waals surface area contributed by atoms with E-state index in [1.54, 1.807) is 0 Å². The van der Waals surface area contributed by atoms with E-state index in [2.05, 4.69) is 21.2 Å². The van der Waals surface area contributed by atoms with Crippen LogP contribution in [0.1, 0.15) is 23.8 Å². The third-order valence-corrected chi connectivity index (χ3v) is 5.69. The second-order valence-electron chi connectivity index (χ2n) is 6.39. The van der Waals surface area contributed by atoms with Crippen molar-refractivity contribution in [2.75, 3.05) is 19.3 Å². The Morgan fingerprint density at radius 3 is 3.00 bits per heavy atom. The zero-order valence-corrected chi connectivity index (χ0v) is 14.2. The number of furan rings is 1. The molecule has 1 atom stereocenters. The van der Waals surface area contributed by atoms with E-state index in [1.807, 2.05) is 24.3 Å². The van der Waals surface area contributed by atoms with Crippen LogP contribution >= 0.6 is 0 Å². The minimum atomic E-state index is -3.25. The van der Waals surface area contributed by atoms with Crippen molar-refractivity contribution in [3.8, 4) is 0 Å². The molecule has 1 N–H and O–H groups in total. The third kappa shape index (κ3) is 2.85. The van der Waals surface area contributed by atoms with E-state index >= 15 is 0 Å². The summed E-state index contributed by atoms with van der Waals surface area (Å²) >= 11 is 0. The van der Waals surface area contributed by atoms with E-state index in [1.165, 1.54) is 12.5 Å². The topological polar surface area (TPSA) is 79.2 Å². The number of hydrogen-bond acceptors (Lipinski definition) is 5. The maximum absolute atomic E-state index is 11.9. The van der Waals surface area contributed by atoms with Crippen molar-refractivity contribution in [2.45, 2.75) is 23.8 Å². The molecule has 4 rings (SSSR count). The number of H-pyrrole nitrogens is 1. The highest BCUT2D eigenvalue weighted by atomic mass is 32.2. The van der Waals surface area contributed by atoms with E-state index in [4.69, 9.17) is 4.42 Å². The van der Waals surface area contributed by atoms with Gasteiger partial charge in [0, 0.05) is 24.1 Å². The lowest BCUT2D eigenvalue weighted by Gasteiger charge is -2.14. The largest absolute Gasteiger partial charge is 0.460 e. The van der Waals surface area contributed by atoms with Gasteiger partial charge in [-0.3, -0.25) is 10.00 Å². The Bertz CT molecular complexity index is 941. The molecule has 0 unspecified atom stereocenters. The summed E-state index contributed by atoms with van der Waals surface area (Å²) in [6, 6.07) is 10.0. The summed E-state index contributed by atoms with van der Waals surface area (Å²) in [6.45, 7) is 2.43. The summed E-state index contributed by atoms with van der Waals surface area (Å²) in [5.74, 6) is 1.09. The molecular weight excluding hydrogens is 326 g/mol. The fraction of sp³-hybridized carbons (Fsp3) is 0.353. The predicted octanol–water partition coefficient (Wildman–Crippen LogP) is 2.55. The SMILES string of the molecule is CS(=O)(=O)c1cn[nH]c1[C@@H]1CCN(Cc2cc3ccccc3o2)C1. The second-order valence-corrected chi connectivity index (χ2v) is 8.38. The van der Waals surface area contributed by atoms with Gasteiger partial charge in [0.25, 0.3) is 0 Å². The van der Waals surface area contributed by atoms with Crippen LogP contribution in [0, 0.1) is 0 Å². The molecular formula is C17H19N3O3S. The lowest BCUT2D eigenvalue weighted by Crippen LogP contribution is -2.19. The molecule has 7 heteroatoms. The number of hydrogen-bond donors (Lipinski definition) is 1. The van der Waals surface area contributed by atoms with E-state index in [0.29, 0.717) is 4.90 Å². The first-order valence-electron chi connectivity index (χ1n) is 7.94. The van der Waals surface area contributed by atoms with Crippen molar-refractivity contribution < 1.29 is 12.8 Å². The normalized spacial score (nSPS) is 19.3. The first-order valence-corrected chi connectivity index (χ1v) is 9.83. The summed E-state index contributed by atoms with van der Waals surface area (Å²) < 4.78 is 29.6. The number of aromatic nitrogens is 2. The monoisotopic (exact) mass is 345 g/mol. The fourth-order valence-electron chi connectivity index (χ4n) is 3.42. The minimum absolute atomic E-state index is 0.154. The molecule has 1 aromatic carbocycles. The smallest absolute Gasteiger partial charge is 0.178 e. The molecule has 1 aliphatic rings. The molecule has 0 radical (unpaired) electrons. The average molecular weight is 345 g/mol. The van der Waals surface area contributed by atoms with Gasteiger partial charge < -0.3 is 4.42 Å². The van der Waals surface area contributed by atoms with Gasteiger partial charge in [0.1, 0.15) is 16.2 Å². The van der Waals surface area contributed by atoms with Gasteiger partial charge in [-0.1, -0.05) is 18.2 Å². The maximum Gasteiger partial charge on any atom is 0.178 e. The molecule has 1 aliphatic heterocycles. The summed E-state index contributed by atoms with van der Waals surface area (Å²) in [5, 5.41) is 7.92. The van der Waals surface area contributed by atoms with Gasteiger partial charge in [-0.15, -0.1) is 0 Å². The van der Waals surface area contributed by atoms with Gasteiger partial charge in [-0.2, -0.15) is 5.10 Å². The van der Waals surface area contributed by atoms with Crippen LogP contribution in [0.5, 0.6) is 0 Å². The zero-order valence-electron chi connectivity index (χ0n) is 13.4. The Kier molecular flexibility index (Phi) is 3.69. The molecule has 0 bridgehead atoms. The molecule has 3 aromatic rings. The van der Waals surface area contributed by atoms with Crippen LogP contribution in [0.2, 0.25) is 0 Å². The minimum Gasteiger partial charge on any atom is -0.460 e. The van der Waals surface area contributed by atoms with Crippen LogP contribution < -0.4 is 0 Å². The van der Waals surface area contributed by atoms with Gasteiger partial charge in [-0.05, 0) is 25.1 Å². The quantitative estimate of drug-likeness (QED) is 0.786. The van der Waals surface area contributed by atoms with Crippen LogP contribution in [0.15, 0.2) is 45.8 Å². The second kappa shape index (κ2) is 5.75. The standard InChI is InChI=1S/C17H19N3O3S/c1-24(21,22)16-9-18-19-17(16)13-6-7-20(10-13)11-14-8-12-4-2-3-5-15(12)23-14/h2-5,8-9,13H,6-7,10-11H2,1H3,(H,18,19)/t13-/m1/s1. The van der Waals surface area contributed by atoms with Crippen molar-refractivity contribution >= 4 is 20.8 Å². The summed E-state index contributed by atoms with van der Waals surface area (Å²) in [7, 11) is -3.25. The summed E-state index contributed by atoms with van der Waals surface area (Å²) in [4.78, 5) is 2.60. The molecule has 0 saturated carbocycles. The van der Waals surface area contributed by atoms with E-state index in [9.17, 15) is 8.42 Å². The van der Waals surface area contributed by atoms with Crippen molar-refractivity contribution in [1.82, 2.24) is 15.1 Å². The summed E-state index contributed by atoms with van der Waals surface area (Å²) in [5.41, 5.74) is 1.63. The molecule has 3 heterocycles. The molecule has 2 aromatic heterocycles. The summed E-state index contributed by atoms with van der Waals surface area (Å²) in [6.07, 6.45) is 3.54. The van der Waals surface area contributed by atoms with E-state index < -0.39 is 9.84 Å². The van der Waals surface area contributed by atoms with Gasteiger partial charge in [0.2, 0.25) is 0 Å². The Hall–Kier alpha value is -2.12. The lowest BCUT2D eigenvalue weighted by molar-refractivity contribution is 0.297. The fourth-order valence-corrected chi connectivity index (χ4v) is 4.28. The highest BCUT2D eigenvalue weighted by Gasteiger charge is 2.30. The number of likely N-dealkylation sites (tertiary alicyclic amines) is 1. The first-order chi connectivity index (χ1) is 11.5. The van der Waals surface area contributed by atoms with Crippen molar-refractivity contribution in [1.29, 1.82) is 0 Å². The Morgan fingerprint density at radius 1 is 1.38 bits per heavy atom. The van der Waals surface area contributed by atoms with Crippen LogP contribution in [0.4, 0.5) is 0 Å². The van der Waals surface area contributed by atoms with Crippen LogP contribution in [-0.4, -0.2) is 42.9 Å². The number of fused-ring (bicyclic) bond motifs is 1. The van der Waals surface area contributed by atoms with Crippen LogP contribution in [0.3, 0.4) is 0 Å². The number of benzene rings is 1. The highest BCUT2D eigenvalue weighted by molar-refractivity contribution is 7.90. The Morgan fingerprint density at radius 2 is 2.21 bits per heavy atom.